The third-order valence-electron chi connectivity index (χ3n) is 6.47. The van der Waals surface area contributed by atoms with Crippen LogP contribution in [-0.2, 0) is 9.59 Å². The highest BCUT2D eigenvalue weighted by molar-refractivity contribution is 8.00. The Labute approximate surface area is 205 Å². The molecule has 0 radical (unpaired) electrons. The Morgan fingerprint density at radius 1 is 1.00 bits per heavy atom. The van der Waals surface area contributed by atoms with E-state index in [9.17, 15) is 14.7 Å². The van der Waals surface area contributed by atoms with Crippen molar-refractivity contribution in [3.8, 4) is 11.5 Å². The van der Waals surface area contributed by atoms with Gasteiger partial charge in [-0.2, -0.15) is 0 Å². The Hall–Kier alpha value is -2.71. The van der Waals surface area contributed by atoms with Gasteiger partial charge in [-0.05, 0) is 62.1 Å². The minimum Gasteiger partial charge on any atom is -0.497 e. The molecule has 0 spiro atoms. The smallest absolute Gasteiger partial charge is 0.245 e. The molecule has 2 saturated heterocycles. The van der Waals surface area contributed by atoms with Crippen molar-refractivity contribution in [3.05, 3.63) is 54.6 Å². The molecule has 2 amide bonds. The first-order valence-corrected chi connectivity index (χ1v) is 12.8. The Morgan fingerprint density at radius 2 is 1.68 bits per heavy atom. The van der Waals surface area contributed by atoms with Crippen LogP contribution >= 0.6 is 11.8 Å². The summed E-state index contributed by atoms with van der Waals surface area (Å²) in [5.41, 5.74) is 0. The number of benzene rings is 2. The molecule has 7 nitrogen and oxygen atoms in total. The van der Waals surface area contributed by atoms with Gasteiger partial charge in [-0.25, -0.2) is 0 Å². The fraction of sp³-hybridized carbons (Fsp3) is 0.462. The lowest BCUT2D eigenvalue weighted by atomic mass is 10.1. The number of ether oxygens (including phenoxy) is 2. The van der Waals surface area contributed by atoms with Gasteiger partial charge in [-0.1, -0.05) is 18.2 Å². The molecular weight excluding hydrogens is 452 g/mol. The molecule has 2 aliphatic rings. The molecule has 2 aliphatic heterocycles. The van der Waals surface area contributed by atoms with E-state index in [1.165, 1.54) is 11.8 Å². The minimum atomic E-state index is -0.798. The van der Waals surface area contributed by atoms with Crippen LogP contribution in [0.25, 0.3) is 0 Å². The average Bonchev–Trinajstić information content (AvgIpc) is 3.57. The van der Waals surface area contributed by atoms with Gasteiger partial charge >= 0.3 is 0 Å². The van der Waals surface area contributed by atoms with E-state index in [2.05, 4.69) is 0 Å². The highest BCUT2D eigenvalue weighted by Crippen LogP contribution is 2.28. The third-order valence-corrected chi connectivity index (χ3v) is 7.47. The number of carbonyl (C=O) groups excluding carboxylic acids is 2. The van der Waals surface area contributed by atoms with Crippen LogP contribution in [0.2, 0.25) is 0 Å². The zero-order chi connectivity index (χ0) is 23.9. The zero-order valence-electron chi connectivity index (χ0n) is 19.5. The second kappa shape index (κ2) is 11.6. The van der Waals surface area contributed by atoms with Gasteiger partial charge in [-0.3, -0.25) is 9.59 Å². The van der Waals surface area contributed by atoms with E-state index in [-0.39, 0.29) is 24.5 Å². The molecule has 1 unspecified atom stereocenters. The van der Waals surface area contributed by atoms with E-state index in [1.807, 2.05) is 30.3 Å². The summed E-state index contributed by atoms with van der Waals surface area (Å²) in [5.74, 6) is 1.62. The van der Waals surface area contributed by atoms with Gasteiger partial charge in [0.2, 0.25) is 11.8 Å². The quantitative estimate of drug-likeness (QED) is 0.551. The number of aliphatic hydroxyl groups excluding tert-OH is 1. The highest BCUT2D eigenvalue weighted by Gasteiger charge is 2.41. The van der Waals surface area contributed by atoms with Gasteiger partial charge in [0.1, 0.15) is 30.3 Å². The lowest BCUT2D eigenvalue weighted by Crippen LogP contribution is -2.52. The first-order valence-electron chi connectivity index (χ1n) is 11.8. The largest absolute Gasteiger partial charge is 0.497 e. The molecule has 0 saturated carbocycles. The van der Waals surface area contributed by atoms with Crippen LogP contribution in [0.4, 0.5) is 0 Å². The summed E-state index contributed by atoms with van der Waals surface area (Å²) < 4.78 is 10.9. The third kappa shape index (κ3) is 5.85. The van der Waals surface area contributed by atoms with Crippen molar-refractivity contribution in [3.63, 3.8) is 0 Å². The van der Waals surface area contributed by atoms with Crippen LogP contribution in [-0.4, -0.2) is 77.5 Å². The Kier molecular flexibility index (Phi) is 8.34. The maximum atomic E-state index is 13.5. The lowest BCUT2D eigenvalue weighted by molar-refractivity contribution is -0.144. The summed E-state index contributed by atoms with van der Waals surface area (Å²) in [5, 5.41) is 10.8. The first-order chi connectivity index (χ1) is 16.6. The van der Waals surface area contributed by atoms with Crippen LogP contribution in [0.1, 0.15) is 25.7 Å². The summed E-state index contributed by atoms with van der Waals surface area (Å²) >= 11 is 1.49. The molecule has 0 aliphatic carbocycles. The van der Waals surface area contributed by atoms with Gasteiger partial charge in [-0.15, -0.1) is 11.8 Å². The van der Waals surface area contributed by atoms with Gasteiger partial charge in [0, 0.05) is 18.0 Å². The second-order valence-corrected chi connectivity index (χ2v) is 9.69. The van der Waals surface area contributed by atoms with Gasteiger partial charge in [0.05, 0.1) is 18.9 Å². The highest BCUT2D eigenvalue weighted by atomic mass is 32.2. The monoisotopic (exact) mass is 484 g/mol. The van der Waals surface area contributed by atoms with Gasteiger partial charge in [0.25, 0.3) is 0 Å². The molecule has 34 heavy (non-hydrogen) atoms. The number of carbonyl (C=O) groups is 2. The molecule has 4 rings (SSSR count). The SMILES string of the molecule is COc1ccc(OCC(O)[C@@H]2CCCN2C(=O)[C@H]2CCCN2C(=O)CSc2ccccc2)cc1. The normalized spacial score (nSPS) is 20.9. The number of thioether (sulfide) groups is 1. The van der Waals surface area contributed by atoms with E-state index in [4.69, 9.17) is 9.47 Å². The summed E-state index contributed by atoms with van der Waals surface area (Å²) in [6, 6.07) is 16.2. The molecule has 0 aromatic heterocycles. The standard InChI is InChI=1S/C26H32N2O5S/c1-32-19-11-13-20(14-12-19)33-17-24(29)22-9-5-16-28(22)26(31)23-10-6-15-27(23)25(30)18-34-21-7-3-2-4-8-21/h2-4,7-8,11-14,22-24,29H,5-6,9-10,15-18H2,1H3/t22-,23+,24?/m0/s1. The summed E-state index contributed by atoms with van der Waals surface area (Å²) in [4.78, 5) is 30.9. The maximum absolute atomic E-state index is 13.5. The van der Waals surface area contributed by atoms with Crippen LogP contribution < -0.4 is 9.47 Å². The van der Waals surface area contributed by atoms with E-state index < -0.39 is 12.1 Å². The summed E-state index contributed by atoms with van der Waals surface area (Å²) in [6.07, 6.45) is 2.25. The molecule has 2 heterocycles. The number of methoxy groups -OCH3 is 1. The molecular formula is C26H32N2O5S. The van der Waals surface area contributed by atoms with Gasteiger partial charge in [0.15, 0.2) is 0 Å². The number of hydrogen-bond acceptors (Lipinski definition) is 6. The molecule has 2 fully saturated rings. The van der Waals surface area contributed by atoms with Crippen LogP contribution in [0, 0.1) is 0 Å². The van der Waals surface area contributed by atoms with E-state index >= 15 is 0 Å². The van der Waals surface area contributed by atoms with Crippen LogP contribution in [0.3, 0.4) is 0 Å². The van der Waals surface area contributed by atoms with E-state index in [0.717, 1.165) is 29.9 Å². The van der Waals surface area contributed by atoms with Crippen molar-refractivity contribution >= 4 is 23.6 Å². The molecule has 8 heteroatoms. The fourth-order valence-electron chi connectivity index (χ4n) is 4.69. The second-order valence-electron chi connectivity index (χ2n) is 8.64. The summed E-state index contributed by atoms with van der Waals surface area (Å²) in [7, 11) is 1.60. The Balaban J connectivity index is 1.33. The number of nitrogens with zero attached hydrogens (tertiary/aromatic N) is 2. The van der Waals surface area contributed by atoms with Crippen molar-refractivity contribution in [1.29, 1.82) is 0 Å². The van der Waals surface area contributed by atoms with E-state index in [1.54, 1.807) is 41.2 Å². The molecule has 0 bridgehead atoms. The topological polar surface area (TPSA) is 79.3 Å². The minimum absolute atomic E-state index is 0.0103. The van der Waals surface area contributed by atoms with E-state index in [0.29, 0.717) is 31.0 Å². The number of amides is 2. The molecule has 2 aromatic carbocycles. The maximum Gasteiger partial charge on any atom is 0.245 e. The Bertz CT molecular complexity index is 955. The number of aliphatic hydroxyl groups is 1. The fourth-order valence-corrected chi connectivity index (χ4v) is 5.49. The number of likely N-dealkylation sites (tertiary alicyclic amines) is 2. The van der Waals surface area contributed by atoms with Crippen molar-refractivity contribution in [2.24, 2.45) is 0 Å². The molecule has 1 N–H and O–H groups in total. The predicted molar refractivity (Wildman–Crippen MR) is 131 cm³/mol. The van der Waals surface area contributed by atoms with Crippen LogP contribution in [0.15, 0.2) is 59.5 Å². The molecule has 3 atom stereocenters. The Morgan fingerprint density at radius 3 is 2.41 bits per heavy atom. The summed E-state index contributed by atoms with van der Waals surface area (Å²) in [6.45, 7) is 1.30. The number of rotatable bonds is 9. The van der Waals surface area contributed by atoms with Crippen molar-refractivity contribution < 1.29 is 24.2 Å². The van der Waals surface area contributed by atoms with Crippen molar-refractivity contribution in [1.82, 2.24) is 9.80 Å². The first kappa shape index (κ1) is 24.4. The van der Waals surface area contributed by atoms with Gasteiger partial charge < -0.3 is 24.4 Å². The number of hydrogen-bond donors (Lipinski definition) is 1. The van der Waals surface area contributed by atoms with Crippen LogP contribution in [0.5, 0.6) is 11.5 Å². The average molecular weight is 485 g/mol. The predicted octanol–water partition coefficient (Wildman–Crippen LogP) is 3.21. The van der Waals surface area contributed by atoms with Crippen molar-refractivity contribution in [2.45, 2.75) is 48.8 Å². The lowest BCUT2D eigenvalue weighted by Gasteiger charge is -2.33. The van der Waals surface area contributed by atoms with Crippen molar-refractivity contribution in [2.75, 3.05) is 32.6 Å². The molecule has 2 aromatic rings. The zero-order valence-corrected chi connectivity index (χ0v) is 20.3. The molecule has 182 valence electrons.